The lowest BCUT2D eigenvalue weighted by Gasteiger charge is -2.36. The molecule has 0 bridgehead atoms. The second-order valence-corrected chi connectivity index (χ2v) is 9.28. The number of piperidine rings is 1. The van der Waals surface area contributed by atoms with Crippen LogP contribution in [0.4, 0.5) is 0 Å². The minimum absolute atomic E-state index is 0.00744. The van der Waals surface area contributed by atoms with E-state index in [4.69, 9.17) is 9.47 Å². The van der Waals surface area contributed by atoms with Gasteiger partial charge < -0.3 is 25.0 Å². The zero-order chi connectivity index (χ0) is 24.9. The molecule has 2 unspecified atom stereocenters. The summed E-state index contributed by atoms with van der Waals surface area (Å²) in [6.45, 7) is 7.00. The molecule has 186 valence electrons. The summed E-state index contributed by atoms with van der Waals surface area (Å²) in [4.78, 5) is 41.1. The van der Waals surface area contributed by atoms with Gasteiger partial charge in [-0.05, 0) is 68.9 Å². The smallest absolute Gasteiger partial charge is 0.253 e. The van der Waals surface area contributed by atoms with E-state index < -0.39 is 6.04 Å². The highest BCUT2D eigenvalue weighted by molar-refractivity contribution is 5.99. The normalized spacial score (nSPS) is 16.9. The van der Waals surface area contributed by atoms with Crippen molar-refractivity contribution < 1.29 is 23.9 Å². The van der Waals surface area contributed by atoms with E-state index in [2.05, 4.69) is 10.6 Å². The molecule has 2 aromatic carbocycles. The molecule has 1 fully saturated rings. The van der Waals surface area contributed by atoms with Crippen molar-refractivity contribution in [3.05, 3.63) is 59.2 Å². The Bertz CT molecular complexity index is 1090. The van der Waals surface area contributed by atoms with Crippen LogP contribution >= 0.6 is 0 Å². The van der Waals surface area contributed by atoms with E-state index >= 15 is 0 Å². The van der Waals surface area contributed by atoms with Crippen molar-refractivity contribution in [2.45, 2.75) is 52.1 Å². The molecule has 2 aromatic rings. The standard InChI is InChI=1S/C27H33N3O5/c1-4-18(3)28-26(32)24(29-25(31)21-8-6-5-7-17(21)2)19-11-13-30(14-12-19)27(33)20-9-10-22-23(15-20)35-16-34-22/h5-10,15,18-19,24H,4,11-14,16H2,1-3H3,(H,28,32)(H,29,31). The number of hydrogen-bond acceptors (Lipinski definition) is 5. The molecule has 35 heavy (non-hydrogen) atoms. The summed E-state index contributed by atoms with van der Waals surface area (Å²) < 4.78 is 10.7. The van der Waals surface area contributed by atoms with E-state index in [0.29, 0.717) is 48.6 Å². The Kier molecular flexibility index (Phi) is 7.58. The van der Waals surface area contributed by atoms with Crippen molar-refractivity contribution in [2.24, 2.45) is 5.92 Å². The zero-order valence-electron chi connectivity index (χ0n) is 20.5. The number of aryl methyl sites for hydroxylation is 1. The van der Waals surface area contributed by atoms with Crippen LogP contribution in [0.1, 0.15) is 59.4 Å². The Morgan fingerprint density at radius 3 is 2.46 bits per heavy atom. The largest absolute Gasteiger partial charge is 0.454 e. The molecule has 0 radical (unpaired) electrons. The van der Waals surface area contributed by atoms with Gasteiger partial charge in [0.05, 0.1) is 0 Å². The van der Waals surface area contributed by atoms with E-state index in [1.54, 1.807) is 29.2 Å². The molecular formula is C27H33N3O5. The van der Waals surface area contributed by atoms with Crippen molar-refractivity contribution in [2.75, 3.05) is 19.9 Å². The molecular weight excluding hydrogens is 446 g/mol. The molecule has 0 aliphatic carbocycles. The molecule has 2 atom stereocenters. The first-order chi connectivity index (χ1) is 16.9. The number of carbonyl (C=O) groups is 3. The Labute approximate surface area is 206 Å². The molecule has 4 rings (SSSR count). The predicted octanol–water partition coefficient (Wildman–Crippen LogP) is 3.29. The van der Waals surface area contributed by atoms with Gasteiger partial charge in [0.25, 0.3) is 11.8 Å². The summed E-state index contributed by atoms with van der Waals surface area (Å²) in [5.74, 6) is 0.624. The van der Waals surface area contributed by atoms with Gasteiger partial charge >= 0.3 is 0 Å². The fraction of sp³-hybridized carbons (Fsp3) is 0.444. The molecule has 2 heterocycles. The minimum Gasteiger partial charge on any atom is -0.454 e. The molecule has 0 aromatic heterocycles. The van der Waals surface area contributed by atoms with Gasteiger partial charge in [0.15, 0.2) is 11.5 Å². The third-order valence-corrected chi connectivity index (χ3v) is 6.88. The average Bonchev–Trinajstić information content (AvgIpc) is 3.35. The first-order valence-corrected chi connectivity index (χ1v) is 12.2. The number of nitrogens with one attached hydrogen (secondary N) is 2. The fourth-order valence-corrected chi connectivity index (χ4v) is 4.53. The second kappa shape index (κ2) is 10.8. The molecule has 8 nitrogen and oxygen atoms in total. The van der Waals surface area contributed by atoms with Gasteiger partial charge in [-0.1, -0.05) is 25.1 Å². The average molecular weight is 480 g/mol. The summed E-state index contributed by atoms with van der Waals surface area (Å²) in [6, 6.07) is 11.9. The Hall–Kier alpha value is -3.55. The lowest BCUT2D eigenvalue weighted by molar-refractivity contribution is -0.125. The molecule has 2 aliphatic heterocycles. The van der Waals surface area contributed by atoms with Crippen molar-refractivity contribution >= 4 is 17.7 Å². The number of likely N-dealkylation sites (tertiary alicyclic amines) is 1. The van der Waals surface area contributed by atoms with Crippen molar-refractivity contribution in [1.82, 2.24) is 15.5 Å². The maximum absolute atomic E-state index is 13.2. The third-order valence-electron chi connectivity index (χ3n) is 6.88. The van der Waals surface area contributed by atoms with Crippen molar-refractivity contribution in [3.8, 4) is 11.5 Å². The van der Waals surface area contributed by atoms with Crippen LogP contribution in [0.15, 0.2) is 42.5 Å². The summed E-state index contributed by atoms with van der Waals surface area (Å²) in [6.07, 6.45) is 2.03. The van der Waals surface area contributed by atoms with Gasteiger partial charge in [0.1, 0.15) is 6.04 Å². The monoisotopic (exact) mass is 479 g/mol. The van der Waals surface area contributed by atoms with Gasteiger partial charge in [-0.25, -0.2) is 0 Å². The molecule has 0 spiro atoms. The fourth-order valence-electron chi connectivity index (χ4n) is 4.53. The molecule has 1 saturated heterocycles. The van der Waals surface area contributed by atoms with Crippen LogP contribution < -0.4 is 20.1 Å². The van der Waals surface area contributed by atoms with Crippen LogP contribution in [-0.4, -0.2) is 54.6 Å². The molecule has 2 N–H and O–H groups in total. The minimum atomic E-state index is -0.668. The van der Waals surface area contributed by atoms with Crippen LogP contribution in [0.5, 0.6) is 11.5 Å². The number of nitrogens with zero attached hydrogens (tertiary/aromatic N) is 1. The van der Waals surface area contributed by atoms with E-state index in [1.165, 1.54) is 0 Å². The molecule has 0 saturated carbocycles. The van der Waals surface area contributed by atoms with Crippen LogP contribution in [-0.2, 0) is 4.79 Å². The first kappa shape index (κ1) is 24.6. The molecule has 8 heteroatoms. The van der Waals surface area contributed by atoms with Gasteiger partial charge in [-0.2, -0.15) is 0 Å². The Morgan fingerprint density at radius 2 is 1.74 bits per heavy atom. The number of ether oxygens (including phenoxy) is 2. The number of rotatable bonds is 7. The number of amides is 3. The van der Waals surface area contributed by atoms with E-state index in [1.807, 2.05) is 39.0 Å². The Morgan fingerprint density at radius 1 is 1.03 bits per heavy atom. The maximum Gasteiger partial charge on any atom is 0.253 e. The van der Waals surface area contributed by atoms with Crippen molar-refractivity contribution in [3.63, 3.8) is 0 Å². The predicted molar refractivity (Wildman–Crippen MR) is 132 cm³/mol. The second-order valence-electron chi connectivity index (χ2n) is 9.28. The quantitative estimate of drug-likeness (QED) is 0.635. The number of carbonyl (C=O) groups excluding carboxylic acids is 3. The SMILES string of the molecule is CCC(C)NC(=O)C(NC(=O)c1ccccc1C)C1CCN(C(=O)c2ccc3c(c2)OCO3)CC1. The van der Waals surface area contributed by atoms with E-state index in [-0.39, 0.29) is 36.5 Å². The summed E-state index contributed by atoms with van der Waals surface area (Å²) in [5, 5.41) is 6.01. The van der Waals surface area contributed by atoms with Gasteiger partial charge in [0, 0.05) is 30.3 Å². The maximum atomic E-state index is 13.2. The number of hydrogen-bond donors (Lipinski definition) is 2. The summed E-state index contributed by atoms with van der Waals surface area (Å²) in [5.41, 5.74) is 1.96. The lowest BCUT2D eigenvalue weighted by atomic mass is 9.88. The van der Waals surface area contributed by atoms with Gasteiger partial charge in [-0.15, -0.1) is 0 Å². The summed E-state index contributed by atoms with van der Waals surface area (Å²) >= 11 is 0. The van der Waals surface area contributed by atoms with E-state index in [0.717, 1.165) is 12.0 Å². The lowest BCUT2D eigenvalue weighted by Crippen LogP contribution is -2.55. The highest BCUT2D eigenvalue weighted by Crippen LogP contribution is 2.33. The molecule has 3 amide bonds. The van der Waals surface area contributed by atoms with Crippen molar-refractivity contribution in [1.29, 1.82) is 0 Å². The van der Waals surface area contributed by atoms with Gasteiger partial charge in [-0.3, -0.25) is 14.4 Å². The Balaban J connectivity index is 1.44. The van der Waals surface area contributed by atoms with Crippen LogP contribution in [0, 0.1) is 12.8 Å². The van der Waals surface area contributed by atoms with Gasteiger partial charge in [0.2, 0.25) is 12.7 Å². The highest BCUT2D eigenvalue weighted by atomic mass is 16.7. The summed E-state index contributed by atoms with van der Waals surface area (Å²) in [7, 11) is 0. The molecule has 2 aliphatic rings. The number of fused-ring (bicyclic) bond motifs is 1. The first-order valence-electron chi connectivity index (χ1n) is 12.2. The zero-order valence-corrected chi connectivity index (χ0v) is 20.5. The van der Waals surface area contributed by atoms with Crippen LogP contribution in [0.2, 0.25) is 0 Å². The van der Waals surface area contributed by atoms with E-state index in [9.17, 15) is 14.4 Å². The third kappa shape index (κ3) is 5.58. The topological polar surface area (TPSA) is 97.0 Å². The van der Waals surface area contributed by atoms with Crippen LogP contribution in [0.25, 0.3) is 0 Å². The number of benzene rings is 2. The van der Waals surface area contributed by atoms with Crippen LogP contribution in [0.3, 0.4) is 0 Å². The highest BCUT2D eigenvalue weighted by Gasteiger charge is 2.35.